The van der Waals surface area contributed by atoms with E-state index in [9.17, 15) is 18.7 Å². The molecule has 1 aromatic heterocycles. The van der Waals surface area contributed by atoms with Crippen molar-refractivity contribution in [2.75, 3.05) is 38.3 Å². The van der Waals surface area contributed by atoms with Crippen molar-refractivity contribution < 1.29 is 28.2 Å². The number of halogens is 2. The zero-order chi connectivity index (χ0) is 23.1. The van der Waals surface area contributed by atoms with Gasteiger partial charge in [-0.2, -0.15) is 0 Å². The largest absolute Gasteiger partial charge is 0.491 e. The van der Waals surface area contributed by atoms with Crippen LogP contribution in [-0.4, -0.2) is 60.4 Å². The summed E-state index contributed by atoms with van der Waals surface area (Å²) >= 11 is 0. The van der Waals surface area contributed by atoms with Crippen LogP contribution in [0.5, 0.6) is 5.75 Å². The SMILES string of the molecule is CCC(F)(F)Cc1cnc(-c2ccc(OCCOC)cc2)c(N2CCC(C(=O)O)CC2)n1. The zero-order valence-electron chi connectivity index (χ0n) is 18.4. The van der Waals surface area contributed by atoms with E-state index < -0.39 is 24.2 Å². The van der Waals surface area contributed by atoms with Gasteiger partial charge in [-0.05, 0) is 37.1 Å². The van der Waals surface area contributed by atoms with Gasteiger partial charge < -0.3 is 19.5 Å². The molecule has 2 aromatic rings. The fourth-order valence-corrected chi connectivity index (χ4v) is 3.60. The molecule has 0 radical (unpaired) electrons. The van der Waals surface area contributed by atoms with Crippen molar-refractivity contribution in [3.8, 4) is 17.0 Å². The number of carboxylic acid groups (broad SMARTS) is 1. The summed E-state index contributed by atoms with van der Waals surface area (Å²) < 4.78 is 38.5. The topological polar surface area (TPSA) is 84.8 Å². The van der Waals surface area contributed by atoms with Gasteiger partial charge in [0.25, 0.3) is 5.92 Å². The van der Waals surface area contributed by atoms with Crippen molar-refractivity contribution in [2.24, 2.45) is 5.92 Å². The minimum absolute atomic E-state index is 0.218. The maximum absolute atomic E-state index is 14.0. The number of piperidine rings is 1. The number of hydrogen-bond acceptors (Lipinski definition) is 6. The molecule has 1 aliphatic rings. The van der Waals surface area contributed by atoms with Gasteiger partial charge in [0.2, 0.25) is 0 Å². The first kappa shape index (κ1) is 23.8. The first-order valence-corrected chi connectivity index (χ1v) is 10.8. The number of benzene rings is 1. The fraction of sp³-hybridized carbons (Fsp3) is 0.522. The summed E-state index contributed by atoms with van der Waals surface area (Å²) in [5.74, 6) is -2.88. The second-order valence-corrected chi connectivity index (χ2v) is 7.89. The van der Waals surface area contributed by atoms with Gasteiger partial charge in [-0.25, -0.2) is 13.8 Å². The second kappa shape index (κ2) is 10.7. The van der Waals surface area contributed by atoms with Crippen LogP contribution < -0.4 is 9.64 Å². The van der Waals surface area contributed by atoms with E-state index in [1.807, 2.05) is 29.2 Å². The maximum Gasteiger partial charge on any atom is 0.306 e. The molecule has 2 heterocycles. The molecule has 0 atom stereocenters. The lowest BCUT2D eigenvalue weighted by Gasteiger charge is -2.32. The molecule has 9 heteroatoms. The molecular formula is C23H29F2N3O4. The lowest BCUT2D eigenvalue weighted by Crippen LogP contribution is -2.37. The maximum atomic E-state index is 14.0. The first-order chi connectivity index (χ1) is 15.3. The molecular weight excluding hydrogens is 420 g/mol. The molecule has 1 fully saturated rings. The summed E-state index contributed by atoms with van der Waals surface area (Å²) in [5, 5.41) is 9.28. The number of carbonyl (C=O) groups is 1. The highest BCUT2D eigenvalue weighted by Gasteiger charge is 2.30. The highest BCUT2D eigenvalue weighted by Crippen LogP contribution is 2.33. The number of anilines is 1. The molecule has 1 aromatic carbocycles. The van der Waals surface area contributed by atoms with E-state index in [-0.39, 0.29) is 12.1 Å². The third-order valence-electron chi connectivity index (χ3n) is 5.59. The molecule has 1 N–H and O–H groups in total. The predicted molar refractivity (Wildman–Crippen MR) is 116 cm³/mol. The van der Waals surface area contributed by atoms with Crippen LogP contribution in [0.25, 0.3) is 11.3 Å². The Labute approximate surface area is 186 Å². The monoisotopic (exact) mass is 449 g/mol. The predicted octanol–water partition coefficient (Wildman–Crippen LogP) is 4.06. The van der Waals surface area contributed by atoms with Gasteiger partial charge in [0.15, 0.2) is 5.82 Å². The number of aromatic nitrogens is 2. The van der Waals surface area contributed by atoms with Crippen LogP contribution in [0.4, 0.5) is 14.6 Å². The number of alkyl halides is 2. The van der Waals surface area contributed by atoms with Crippen LogP contribution in [0.1, 0.15) is 31.9 Å². The van der Waals surface area contributed by atoms with E-state index in [1.165, 1.54) is 13.1 Å². The average Bonchev–Trinajstić information content (AvgIpc) is 2.79. The molecule has 1 aliphatic heterocycles. The number of carboxylic acids is 1. The van der Waals surface area contributed by atoms with Gasteiger partial charge in [-0.1, -0.05) is 6.92 Å². The van der Waals surface area contributed by atoms with Gasteiger partial charge in [0.1, 0.15) is 18.1 Å². The lowest BCUT2D eigenvalue weighted by atomic mass is 9.97. The van der Waals surface area contributed by atoms with Gasteiger partial charge >= 0.3 is 5.97 Å². The van der Waals surface area contributed by atoms with Gasteiger partial charge in [-0.3, -0.25) is 9.78 Å². The van der Waals surface area contributed by atoms with E-state index in [1.54, 1.807) is 7.11 Å². The molecule has 0 spiro atoms. The van der Waals surface area contributed by atoms with Crippen LogP contribution in [0, 0.1) is 5.92 Å². The van der Waals surface area contributed by atoms with E-state index in [0.29, 0.717) is 56.4 Å². The summed E-state index contributed by atoms with van der Waals surface area (Å²) in [6.45, 7) is 3.30. The highest BCUT2D eigenvalue weighted by atomic mass is 19.3. The van der Waals surface area contributed by atoms with Crippen molar-refractivity contribution in [1.29, 1.82) is 0 Å². The second-order valence-electron chi connectivity index (χ2n) is 7.89. The number of nitrogens with zero attached hydrogens (tertiary/aromatic N) is 3. The summed E-state index contributed by atoms with van der Waals surface area (Å²) in [7, 11) is 1.60. The molecule has 0 unspecified atom stereocenters. The van der Waals surface area contributed by atoms with Crippen molar-refractivity contribution >= 4 is 11.8 Å². The Morgan fingerprint density at radius 3 is 2.50 bits per heavy atom. The van der Waals surface area contributed by atoms with Crippen LogP contribution in [0.2, 0.25) is 0 Å². The quantitative estimate of drug-likeness (QED) is 0.548. The number of methoxy groups -OCH3 is 1. The Morgan fingerprint density at radius 1 is 1.22 bits per heavy atom. The van der Waals surface area contributed by atoms with Gasteiger partial charge in [0, 0.05) is 38.4 Å². The number of rotatable bonds is 10. The van der Waals surface area contributed by atoms with E-state index in [0.717, 1.165) is 5.56 Å². The Kier molecular flexibility index (Phi) is 7.95. The lowest BCUT2D eigenvalue weighted by molar-refractivity contribution is -0.142. The molecule has 174 valence electrons. The van der Waals surface area contributed by atoms with Crippen molar-refractivity contribution in [1.82, 2.24) is 9.97 Å². The fourth-order valence-electron chi connectivity index (χ4n) is 3.60. The highest BCUT2D eigenvalue weighted by molar-refractivity contribution is 5.74. The molecule has 3 rings (SSSR count). The van der Waals surface area contributed by atoms with E-state index >= 15 is 0 Å². The molecule has 0 aliphatic carbocycles. The average molecular weight is 449 g/mol. The molecule has 7 nitrogen and oxygen atoms in total. The molecule has 32 heavy (non-hydrogen) atoms. The van der Waals surface area contributed by atoms with Crippen LogP contribution >= 0.6 is 0 Å². The molecule has 0 amide bonds. The standard InChI is InChI=1S/C23H29F2N3O4/c1-3-23(24,25)14-18-15-26-20(16-4-6-19(7-5-16)32-13-12-31-2)21(27-18)28-10-8-17(9-11-28)22(29)30/h4-7,15,17H,3,8-14H2,1-2H3,(H,29,30). The van der Waals surface area contributed by atoms with E-state index in [2.05, 4.69) is 9.97 Å². The van der Waals surface area contributed by atoms with E-state index in [4.69, 9.17) is 9.47 Å². The van der Waals surface area contributed by atoms with Crippen molar-refractivity contribution in [2.45, 2.75) is 38.5 Å². The molecule has 0 bridgehead atoms. The van der Waals surface area contributed by atoms with Gasteiger partial charge in [-0.15, -0.1) is 0 Å². The minimum Gasteiger partial charge on any atom is -0.491 e. The van der Waals surface area contributed by atoms with Crippen LogP contribution in [0.3, 0.4) is 0 Å². The Morgan fingerprint density at radius 2 is 1.91 bits per heavy atom. The number of ether oxygens (including phenoxy) is 2. The summed E-state index contributed by atoms with van der Waals surface area (Å²) in [6, 6.07) is 7.32. The van der Waals surface area contributed by atoms with Crippen LogP contribution in [-0.2, 0) is 16.0 Å². The number of hydrogen-bond donors (Lipinski definition) is 1. The summed E-state index contributed by atoms with van der Waals surface area (Å²) in [6.07, 6.45) is 1.58. The van der Waals surface area contributed by atoms with Crippen LogP contribution in [0.15, 0.2) is 30.5 Å². The zero-order valence-corrected chi connectivity index (χ0v) is 18.4. The van der Waals surface area contributed by atoms with Gasteiger partial charge in [0.05, 0.1) is 24.6 Å². The number of aliphatic carboxylic acids is 1. The third kappa shape index (κ3) is 6.12. The molecule has 1 saturated heterocycles. The Balaban J connectivity index is 1.88. The smallest absolute Gasteiger partial charge is 0.306 e. The Bertz CT molecular complexity index is 901. The van der Waals surface area contributed by atoms with Crippen molar-refractivity contribution in [3.63, 3.8) is 0 Å². The normalized spacial score (nSPS) is 15.1. The van der Waals surface area contributed by atoms with Crippen molar-refractivity contribution in [3.05, 3.63) is 36.2 Å². The summed E-state index contributed by atoms with van der Waals surface area (Å²) in [4.78, 5) is 22.3. The molecule has 0 saturated carbocycles. The minimum atomic E-state index is -2.86. The summed E-state index contributed by atoms with van der Waals surface area (Å²) in [5.41, 5.74) is 1.57. The Hall–Kier alpha value is -2.81. The first-order valence-electron chi connectivity index (χ1n) is 10.8. The third-order valence-corrected chi connectivity index (χ3v) is 5.59.